The zero-order valence-electron chi connectivity index (χ0n) is 7.00. The minimum absolute atomic E-state index is 0.166. The van der Waals surface area contributed by atoms with Gasteiger partial charge in [0, 0.05) is 6.61 Å². The van der Waals surface area contributed by atoms with Crippen LogP contribution in [0.25, 0.3) is 0 Å². The number of ether oxygens (including phenoxy) is 3. The Kier molecular flexibility index (Phi) is 1.67. The van der Waals surface area contributed by atoms with Crippen molar-refractivity contribution in [1.29, 1.82) is 0 Å². The third-order valence-electron chi connectivity index (χ3n) is 2.11. The van der Waals surface area contributed by atoms with Gasteiger partial charge in [-0.2, -0.15) is 0 Å². The third-order valence-corrected chi connectivity index (χ3v) is 2.11. The largest absolute Gasteiger partial charge is 0.379 e. The fourth-order valence-electron chi connectivity index (χ4n) is 1.69. The molecule has 0 aliphatic carbocycles. The molecule has 0 bridgehead atoms. The molecule has 3 nitrogen and oxygen atoms in total. The summed E-state index contributed by atoms with van der Waals surface area (Å²) in [4.78, 5) is 0. The van der Waals surface area contributed by atoms with Crippen molar-refractivity contribution in [3.63, 3.8) is 0 Å². The monoisotopic (exact) mass is 158 g/mol. The summed E-state index contributed by atoms with van der Waals surface area (Å²) in [6.07, 6.45) is 1.39. The van der Waals surface area contributed by atoms with Crippen LogP contribution in [-0.2, 0) is 14.2 Å². The normalized spacial score (nSPS) is 42.0. The Morgan fingerprint density at radius 1 is 1.18 bits per heavy atom. The summed E-state index contributed by atoms with van der Waals surface area (Å²) in [7, 11) is 0. The van der Waals surface area contributed by atoms with E-state index >= 15 is 0 Å². The molecular formula is C8H14O3. The highest BCUT2D eigenvalue weighted by atomic mass is 16.8. The second-order valence-electron chi connectivity index (χ2n) is 3.58. The molecule has 0 amide bonds. The van der Waals surface area contributed by atoms with Crippen molar-refractivity contribution in [3.8, 4) is 0 Å². The first-order valence-corrected chi connectivity index (χ1v) is 4.11. The predicted molar refractivity (Wildman–Crippen MR) is 39.3 cm³/mol. The lowest BCUT2D eigenvalue weighted by Crippen LogP contribution is -2.33. The number of hydrogen-bond donors (Lipinski definition) is 0. The van der Waals surface area contributed by atoms with Gasteiger partial charge in [0.15, 0.2) is 5.79 Å². The predicted octanol–water partition coefficient (Wildman–Crippen LogP) is 0.927. The van der Waals surface area contributed by atoms with Gasteiger partial charge in [-0.15, -0.1) is 0 Å². The Bertz CT molecular complexity index is 139. The van der Waals surface area contributed by atoms with E-state index in [0.29, 0.717) is 6.61 Å². The van der Waals surface area contributed by atoms with Gasteiger partial charge in [-0.1, -0.05) is 0 Å². The number of hydrogen-bond acceptors (Lipinski definition) is 3. The molecule has 0 saturated carbocycles. The average molecular weight is 158 g/mol. The molecule has 0 aromatic rings. The van der Waals surface area contributed by atoms with E-state index in [0.717, 1.165) is 13.0 Å². The maximum Gasteiger partial charge on any atom is 0.163 e. The van der Waals surface area contributed by atoms with Crippen molar-refractivity contribution < 1.29 is 14.2 Å². The number of fused-ring (bicyclic) bond motifs is 1. The first-order valence-electron chi connectivity index (χ1n) is 4.11. The highest BCUT2D eigenvalue weighted by Crippen LogP contribution is 2.31. The lowest BCUT2D eigenvalue weighted by molar-refractivity contribution is -0.146. The van der Waals surface area contributed by atoms with Crippen LogP contribution in [0.15, 0.2) is 0 Å². The van der Waals surface area contributed by atoms with Crippen molar-refractivity contribution in [2.45, 2.75) is 38.3 Å². The molecule has 0 N–H and O–H groups in total. The standard InChI is InChI=1S/C8H14O3/c1-8(2)10-6-3-4-9-5-7(6)11-8/h6-7H,3-5H2,1-2H3/t6-,7+/m1/s1. The Hall–Kier alpha value is -0.120. The maximum absolute atomic E-state index is 5.65. The molecule has 2 aliphatic heterocycles. The van der Waals surface area contributed by atoms with Gasteiger partial charge in [-0.05, 0) is 20.3 Å². The van der Waals surface area contributed by atoms with Gasteiger partial charge in [-0.25, -0.2) is 0 Å². The summed E-state index contributed by atoms with van der Waals surface area (Å²) in [6, 6.07) is 0. The maximum atomic E-state index is 5.65. The molecule has 2 aliphatic rings. The van der Waals surface area contributed by atoms with Gasteiger partial charge in [0.1, 0.15) is 6.10 Å². The van der Waals surface area contributed by atoms with E-state index in [1.54, 1.807) is 0 Å². The van der Waals surface area contributed by atoms with E-state index < -0.39 is 5.79 Å². The summed E-state index contributed by atoms with van der Waals surface area (Å²) < 4.78 is 16.5. The first kappa shape index (κ1) is 7.53. The summed E-state index contributed by atoms with van der Waals surface area (Å²) in [5.41, 5.74) is 0. The molecule has 2 atom stereocenters. The molecular weight excluding hydrogens is 144 g/mol. The van der Waals surface area contributed by atoms with Crippen LogP contribution in [0.2, 0.25) is 0 Å². The smallest absolute Gasteiger partial charge is 0.163 e. The molecule has 0 radical (unpaired) electrons. The van der Waals surface area contributed by atoms with E-state index in [4.69, 9.17) is 14.2 Å². The Morgan fingerprint density at radius 3 is 2.64 bits per heavy atom. The zero-order chi connectivity index (χ0) is 7.90. The zero-order valence-corrected chi connectivity index (χ0v) is 7.00. The van der Waals surface area contributed by atoms with Crippen LogP contribution in [0.4, 0.5) is 0 Å². The van der Waals surface area contributed by atoms with Gasteiger partial charge in [0.25, 0.3) is 0 Å². The van der Waals surface area contributed by atoms with Gasteiger partial charge in [0.05, 0.1) is 12.7 Å². The van der Waals surface area contributed by atoms with Gasteiger partial charge in [-0.3, -0.25) is 0 Å². The summed E-state index contributed by atoms with van der Waals surface area (Å²) >= 11 is 0. The molecule has 11 heavy (non-hydrogen) atoms. The fourth-order valence-corrected chi connectivity index (χ4v) is 1.69. The minimum atomic E-state index is -0.400. The lowest BCUT2D eigenvalue weighted by atomic mass is 10.1. The SMILES string of the molecule is CC1(C)O[C@H]2COCC[C@H]2O1. The summed E-state index contributed by atoms with van der Waals surface area (Å²) in [5, 5.41) is 0. The van der Waals surface area contributed by atoms with Crippen molar-refractivity contribution in [3.05, 3.63) is 0 Å². The molecule has 0 aromatic heterocycles. The van der Waals surface area contributed by atoms with E-state index in [2.05, 4.69) is 0 Å². The van der Waals surface area contributed by atoms with Crippen LogP contribution in [0.5, 0.6) is 0 Å². The molecule has 2 rings (SSSR count). The molecule has 2 heterocycles. The molecule has 0 unspecified atom stereocenters. The molecule has 3 heteroatoms. The Balaban J connectivity index is 2.03. The fraction of sp³-hybridized carbons (Fsp3) is 1.00. The van der Waals surface area contributed by atoms with E-state index in [-0.39, 0.29) is 12.2 Å². The first-order chi connectivity index (χ1) is 5.17. The van der Waals surface area contributed by atoms with Crippen molar-refractivity contribution in [2.24, 2.45) is 0 Å². The highest BCUT2D eigenvalue weighted by molar-refractivity contribution is 4.83. The van der Waals surface area contributed by atoms with Crippen molar-refractivity contribution in [1.82, 2.24) is 0 Å². The molecule has 64 valence electrons. The van der Waals surface area contributed by atoms with Gasteiger partial charge < -0.3 is 14.2 Å². The van der Waals surface area contributed by atoms with Crippen LogP contribution < -0.4 is 0 Å². The summed E-state index contributed by atoms with van der Waals surface area (Å²) in [5.74, 6) is -0.400. The minimum Gasteiger partial charge on any atom is -0.379 e. The second-order valence-corrected chi connectivity index (χ2v) is 3.58. The van der Waals surface area contributed by atoms with Crippen LogP contribution in [0.1, 0.15) is 20.3 Å². The second kappa shape index (κ2) is 2.44. The van der Waals surface area contributed by atoms with Crippen LogP contribution >= 0.6 is 0 Å². The van der Waals surface area contributed by atoms with Crippen LogP contribution in [0.3, 0.4) is 0 Å². The van der Waals surface area contributed by atoms with Crippen molar-refractivity contribution in [2.75, 3.05) is 13.2 Å². The number of rotatable bonds is 0. The van der Waals surface area contributed by atoms with E-state index in [1.165, 1.54) is 0 Å². The topological polar surface area (TPSA) is 27.7 Å². The highest BCUT2D eigenvalue weighted by Gasteiger charge is 2.42. The quantitative estimate of drug-likeness (QED) is 0.525. The Morgan fingerprint density at radius 2 is 1.91 bits per heavy atom. The molecule has 2 saturated heterocycles. The Labute approximate surface area is 66.6 Å². The van der Waals surface area contributed by atoms with Gasteiger partial charge >= 0.3 is 0 Å². The summed E-state index contributed by atoms with van der Waals surface area (Å²) in [6.45, 7) is 5.39. The van der Waals surface area contributed by atoms with Gasteiger partial charge in [0.2, 0.25) is 0 Å². The third kappa shape index (κ3) is 1.41. The van der Waals surface area contributed by atoms with Crippen LogP contribution in [0, 0.1) is 0 Å². The average Bonchev–Trinajstić information content (AvgIpc) is 2.21. The molecule has 2 fully saturated rings. The van der Waals surface area contributed by atoms with E-state index in [1.807, 2.05) is 13.8 Å². The van der Waals surface area contributed by atoms with E-state index in [9.17, 15) is 0 Å². The molecule has 0 spiro atoms. The van der Waals surface area contributed by atoms with Crippen LogP contribution in [-0.4, -0.2) is 31.2 Å². The van der Waals surface area contributed by atoms with Crippen molar-refractivity contribution >= 4 is 0 Å². The molecule has 0 aromatic carbocycles. The lowest BCUT2D eigenvalue weighted by Gasteiger charge is -2.21.